The predicted octanol–water partition coefficient (Wildman–Crippen LogP) is 3.20. The summed E-state index contributed by atoms with van der Waals surface area (Å²) < 4.78 is 0. The van der Waals surface area contributed by atoms with Gasteiger partial charge in [0.05, 0.1) is 6.61 Å². The van der Waals surface area contributed by atoms with Crippen molar-refractivity contribution < 1.29 is 5.11 Å². The van der Waals surface area contributed by atoms with Crippen LogP contribution < -0.4 is 5.32 Å². The number of hydrogen-bond acceptors (Lipinski definition) is 2. The van der Waals surface area contributed by atoms with Gasteiger partial charge in [0.25, 0.3) is 0 Å². The van der Waals surface area contributed by atoms with E-state index in [9.17, 15) is 5.11 Å². The van der Waals surface area contributed by atoms with Crippen LogP contribution in [-0.4, -0.2) is 23.8 Å². The molecule has 3 atom stereocenters. The van der Waals surface area contributed by atoms with Crippen molar-refractivity contribution in [3.8, 4) is 0 Å². The lowest BCUT2D eigenvalue weighted by molar-refractivity contribution is 0.194. The average Bonchev–Trinajstić information content (AvgIpc) is 2.50. The number of rotatable bonds is 5. The molecule has 0 aliphatic heterocycles. The third kappa shape index (κ3) is 4.97. The molecule has 17 heavy (non-hydrogen) atoms. The zero-order chi connectivity index (χ0) is 12.8. The van der Waals surface area contributed by atoms with Crippen molar-refractivity contribution in [1.82, 2.24) is 5.32 Å². The summed E-state index contributed by atoms with van der Waals surface area (Å²) in [5.41, 5.74) is 0. The topological polar surface area (TPSA) is 32.3 Å². The first-order valence-electron chi connectivity index (χ1n) is 7.41. The van der Waals surface area contributed by atoms with Crippen LogP contribution in [-0.2, 0) is 0 Å². The summed E-state index contributed by atoms with van der Waals surface area (Å²) in [5, 5.41) is 13.0. The molecule has 0 aromatic heterocycles. The summed E-state index contributed by atoms with van der Waals surface area (Å²) >= 11 is 0. The first-order chi connectivity index (χ1) is 8.04. The van der Waals surface area contributed by atoms with E-state index in [1.807, 2.05) is 0 Å². The Morgan fingerprint density at radius 3 is 2.29 bits per heavy atom. The molecule has 1 aliphatic carbocycles. The van der Waals surface area contributed by atoms with Crippen molar-refractivity contribution >= 4 is 0 Å². The van der Waals surface area contributed by atoms with Crippen LogP contribution in [0.15, 0.2) is 0 Å². The van der Waals surface area contributed by atoms with Gasteiger partial charge in [0, 0.05) is 12.1 Å². The summed E-state index contributed by atoms with van der Waals surface area (Å²) in [7, 11) is 0. The highest BCUT2D eigenvalue weighted by atomic mass is 16.3. The van der Waals surface area contributed by atoms with Gasteiger partial charge in [-0.25, -0.2) is 0 Å². The fourth-order valence-corrected chi connectivity index (χ4v) is 2.92. The van der Waals surface area contributed by atoms with Gasteiger partial charge in [-0.15, -0.1) is 0 Å². The summed E-state index contributed by atoms with van der Waals surface area (Å²) in [4.78, 5) is 0. The second-order valence-corrected chi connectivity index (χ2v) is 6.41. The van der Waals surface area contributed by atoms with Crippen LogP contribution in [0.2, 0.25) is 0 Å². The number of aliphatic hydroxyl groups excluding tert-OH is 1. The molecule has 2 nitrogen and oxygen atoms in total. The standard InChI is InChI=1S/C15H31NO/c1-11(2)13-6-5-7-14(9-8-13)16-15(10-17)12(3)4/h11-17H,5-10H2,1-4H3/t13?,14?,15-/m1/s1. The van der Waals surface area contributed by atoms with Crippen molar-refractivity contribution in [1.29, 1.82) is 0 Å². The molecule has 2 unspecified atom stereocenters. The second-order valence-electron chi connectivity index (χ2n) is 6.41. The van der Waals surface area contributed by atoms with E-state index in [0.717, 1.165) is 11.8 Å². The van der Waals surface area contributed by atoms with E-state index in [2.05, 4.69) is 33.0 Å². The third-order valence-electron chi connectivity index (χ3n) is 4.41. The van der Waals surface area contributed by atoms with Crippen LogP contribution in [0.1, 0.15) is 59.8 Å². The lowest BCUT2D eigenvalue weighted by Gasteiger charge is -2.26. The zero-order valence-corrected chi connectivity index (χ0v) is 12.1. The summed E-state index contributed by atoms with van der Waals surface area (Å²) in [6.45, 7) is 9.33. The summed E-state index contributed by atoms with van der Waals surface area (Å²) in [6, 6.07) is 0.897. The maximum Gasteiger partial charge on any atom is 0.0587 e. The van der Waals surface area contributed by atoms with Crippen molar-refractivity contribution in [3.05, 3.63) is 0 Å². The summed E-state index contributed by atoms with van der Waals surface area (Å²) in [6.07, 6.45) is 6.65. The molecule has 1 saturated carbocycles. The van der Waals surface area contributed by atoms with Gasteiger partial charge in [-0.3, -0.25) is 0 Å². The van der Waals surface area contributed by atoms with Crippen molar-refractivity contribution in [3.63, 3.8) is 0 Å². The van der Waals surface area contributed by atoms with Gasteiger partial charge < -0.3 is 10.4 Å². The lowest BCUT2D eigenvalue weighted by Crippen LogP contribution is -2.43. The molecule has 1 rings (SSSR count). The van der Waals surface area contributed by atoms with Crippen LogP contribution in [0.4, 0.5) is 0 Å². The van der Waals surface area contributed by atoms with Crippen molar-refractivity contribution in [2.75, 3.05) is 6.61 Å². The van der Waals surface area contributed by atoms with E-state index in [1.165, 1.54) is 32.1 Å². The van der Waals surface area contributed by atoms with Crippen LogP contribution in [0.3, 0.4) is 0 Å². The highest BCUT2D eigenvalue weighted by molar-refractivity contribution is 4.80. The Balaban J connectivity index is 2.40. The Hall–Kier alpha value is -0.0800. The van der Waals surface area contributed by atoms with E-state index >= 15 is 0 Å². The average molecular weight is 241 g/mol. The molecule has 0 aromatic rings. The fraction of sp³-hybridized carbons (Fsp3) is 1.00. The van der Waals surface area contributed by atoms with Crippen LogP contribution in [0.25, 0.3) is 0 Å². The Bertz CT molecular complexity index is 203. The maximum atomic E-state index is 9.38. The molecule has 0 aromatic carbocycles. The Morgan fingerprint density at radius 2 is 1.76 bits per heavy atom. The molecule has 0 bridgehead atoms. The smallest absolute Gasteiger partial charge is 0.0587 e. The monoisotopic (exact) mass is 241 g/mol. The normalized spacial score (nSPS) is 28.4. The second kappa shape index (κ2) is 7.38. The third-order valence-corrected chi connectivity index (χ3v) is 4.41. The van der Waals surface area contributed by atoms with Gasteiger partial charge in [0.2, 0.25) is 0 Å². The van der Waals surface area contributed by atoms with E-state index in [0.29, 0.717) is 12.0 Å². The minimum Gasteiger partial charge on any atom is -0.395 e. The van der Waals surface area contributed by atoms with Crippen molar-refractivity contribution in [2.24, 2.45) is 17.8 Å². The first kappa shape index (κ1) is 15.0. The fourth-order valence-electron chi connectivity index (χ4n) is 2.92. The van der Waals surface area contributed by atoms with Gasteiger partial charge >= 0.3 is 0 Å². The van der Waals surface area contributed by atoms with Crippen LogP contribution in [0.5, 0.6) is 0 Å². The van der Waals surface area contributed by atoms with E-state index in [4.69, 9.17) is 0 Å². The zero-order valence-electron chi connectivity index (χ0n) is 12.1. The highest BCUT2D eigenvalue weighted by Crippen LogP contribution is 2.29. The molecule has 0 amide bonds. The van der Waals surface area contributed by atoms with E-state index < -0.39 is 0 Å². The van der Waals surface area contributed by atoms with Crippen LogP contribution >= 0.6 is 0 Å². The minimum atomic E-state index is 0.266. The molecule has 1 aliphatic rings. The number of aliphatic hydroxyl groups is 1. The molecular formula is C15H31NO. The molecule has 0 radical (unpaired) electrons. The van der Waals surface area contributed by atoms with Gasteiger partial charge in [-0.1, -0.05) is 40.5 Å². The molecule has 0 saturated heterocycles. The van der Waals surface area contributed by atoms with Crippen molar-refractivity contribution in [2.45, 2.75) is 71.9 Å². The Morgan fingerprint density at radius 1 is 1.06 bits per heavy atom. The predicted molar refractivity (Wildman–Crippen MR) is 74.0 cm³/mol. The number of nitrogens with one attached hydrogen (secondary N) is 1. The molecular weight excluding hydrogens is 210 g/mol. The quantitative estimate of drug-likeness (QED) is 0.725. The Kier molecular flexibility index (Phi) is 6.50. The van der Waals surface area contributed by atoms with Crippen LogP contribution in [0, 0.1) is 17.8 Å². The first-order valence-corrected chi connectivity index (χ1v) is 7.41. The van der Waals surface area contributed by atoms with Gasteiger partial charge in [-0.05, 0) is 37.0 Å². The summed E-state index contributed by atoms with van der Waals surface area (Å²) in [5.74, 6) is 2.25. The van der Waals surface area contributed by atoms with Gasteiger partial charge in [-0.2, -0.15) is 0 Å². The number of hydrogen-bond donors (Lipinski definition) is 2. The van der Waals surface area contributed by atoms with Gasteiger partial charge in [0.15, 0.2) is 0 Å². The minimum absolute atomic E-state index is 0.266. The SMILES string of the molecule is CC(C)C1CCCC(N[C@H](CO)C(C)C)CC1. The lowest BCUT2D eigenvalue weighted by atomic mass is 9.89. The van der Waals surface area contributed by atoms with E-state index in [1.54, 1.807) is 0 Å². The Labute approximate surface area is 107 Å². The van der Waals surface area contributed by atoms with E-state index in [-0.39, 0.29) is 12.6 Å². The molecule has 102 valence electrons. The maximum absolute atomic E-state index is 9.38. The highest BCUT2D eigenvalue weighted by Gasteiger charge is 2.23. The largest absolute Gasteiger partial charge is 0.395 e. The molecule has 2 N–H and O–H groups in total. The molecule has 0 spiro atoms. The van der Waals surface area contributed by atoms with Gasteiger partial charge in [0.1, 0.15) is 0 Å². The molecule has 2 heteroatoms. The molecule has 0 heterocycles. The molecule has 1 fully saturated rings.